The Morgan fingerprint density at radius 3 is 2.67 bits per heavy atom. The molecule has 5 rings (SSSR count). The molecule has 0 unspecified atom stereocenters. The van der Waals surface area contributed by atoms with Gasteiger partial charge in [0.1, 0.15) is 5.82 Å². The lowest BCUT2D eigenvalue weighted by molar-refractivity contribution is -0.137. The van der Waals surface area contributed by atoms with Crippen LogP contribution in [0.2, 0.25) is 0 Å². The maximum Gasteiger partial charge on any atom is 0.416 e. The van der Waals surface area contributed by atoms with Gasteiger partial charge in [0.15, 0.2) is 11.0 Å². The van der Waals surface area contributed by atoms with Gasteiger partial charge in [-0.05, 0) is 73.5 Å². The van der Waals surface area contributed by atoms with Gasteiger partial charge in [0, 0.05) is 37.3 Å². The van der Waals surface area contributed by atoms with Gasteiger partial charge in [-0.1, -0.05) is 17.8 Å². The molecule has 0 bridgehead atoms. The van der Waals surface area contributed by atoms with Crippen molar-refractivity contribution in [3.05, 3.63) is 59.7 Å². The van der Waals surface area contributed by atoms with Crippen molar-refractivity contribution in [2.75, 3.05) is 25.4 Å². The van der Waals surface area contributed by atoms with Crippen molar-refractivity contribution in [3.63, 3.8) is 0 Å². The second-order valence-corrected chi connectivity index (χ2v) is 10.3. The van der Waals surface area contributed by atoms with Gasteiger partial charge in [-0.25, -0.2) is 4.39 Å². The fourth-order valence-corrected chi connectivity index (χ4v) is 5.87. The molecular weight excluding hydrogens is 537 g/mol. The molecule has 0 amide bonds. The molecule has 2 aliphatic rings. The summed E-state index contributed by atoms with van der Waals surface area (Å²) in [5.41, 5.74) is 0.437. The predicted octanol–water partition coefficient (Wildman–Crippen LogP) is 6.24. The van der Waals surface area contributed by atoms with Crippen LogP contribution in [0.5, 0.6) is 0 Å². The number of hydrogen-bond acceptors (Lipinski definition) is 5. The molecule has 12 heteroatoms. The predicted molar refractivity (Wildman–Crippen MR) is 136 cm³/mol. The zero-order chi connectivity index (χ0) is 23.9. The van der Waals surface area contributed by atoms with E-state index in [1.54, 1.807) is 24.2 Å². The molecule has 1 aliphatic heterocycles. The average Bonchev–Trinajstić information content (AvgIpc) is 3.14. The van der Waals surface area contributed by atoms with Crippen molar-refractivity contribution in [1.82, 2.24) is 24.6 Å². The molecule has 3 heterocycles. The van der Waals surface area contributed by atoms with Crippen LogP contribution in [0.15, 0.2) is 47.9 Å². The summed E-state index contributed by atoms with van der Waals surface area (Å²) in [5, 5.41) is 9.44. The number of rotatable bonds is 7. The first-order valence-corrected chi connectivity index (χ1v) is 12.3. The first kappa shape index (κ1) is 28.7. The van der Waals surface area contributed by atoms with Gasteiger partial charge in [-0.15, -0.1) is 35.0 Å². The molecule has 1 spiro atoms. The van der Waals surface area contributed by atoms with Gasteiger partial charge in [-0.2, -0.15) is 13.2 Å². The fraction of sp³-hybridized carbons (Fsp3) is 0.458. The maximum atomic E-state index is 14.4. The van der Waals surface area contributed by atoms with Crippen LogP contribution >= 0.6 is 36.6 Å². The Kier molecular flexibility index (Phi) is 8.96. The highest BCUT2D eigenvalue weighted by Gasteiger charge is 2.58. The van der Waals surface area contributed by atoms with Gasteiger partial charge in [0.05, 0.1) is 5.56 Å². The minimum atomic E-state index is -4.52. The Labute approximate surface area is 223 Å². The van der Waals surface area contributed by atoms with E-state index >= 15 is 0 Å². The molecule has 3 aromatic rings. The molecule has 2 atom stereocenters. The van der Waals surface area contributed by atoms with Crippen LogP contribution in [0.3, 0.4) is 0 Å². The van der Waals surface area contributed by atoms with E-state index in [1.807, 2.05) is 23.7 Å². The number of halogens is 6. The van der Waals surface area contributed by atoms with Crippen molar-refractivity contribution in [2.24, 2.45) is 12.5 Å². The van der Waals surface area contributed by atoms with Crippen molar-refractivity contribution in [2.45, 2.75) is 36.5 Å². The van der Waals surface area contributed by atoms with Gasteiger partial charge in [0.2, 0.25) is 0 Å². The molecule has 2 aromatic heterocycles. The van der Waals surface area contributed by atoms with E-state index in [4.69, 9.17) is 0 Å². The lowest BCUT2D eigenvalue weighted by atomic mass is 9.97. The highest BCUT2D eigenvalue weighted by Crippen LogP contribution is 2.64. The van der Waals surface area contributed by atoms with Crippen molar-refractivity contribution in [1.29, 1.82) is 0 Å². The summed E-state index contributed by atoms with van der Waals surface area (Å²) in [6.45, 7) is 2.75. The standard InChI is InChI=1S/C24H25F4N5S.2ClH/c1-32-21(16-4-2-8-29-14-16)30-31-22(32)34-11-3-9-33-10-7-23(15-33)13-19(23)18-6-5-17(12-20(18)25)24(26,27)28;;/h2,4-6,8,12,14,19H,3,7,9-11,13,15H2,1H3;2*1H/t19-,23+;;/m0../s1. The van der Waals surface area contributed by atoms with E-state index < -0.39 is 17.6 Å². The van der Waals surface area contributed by atoms with Gasteiger partial charge in [-0.3, -0.25) is 4.98 Å². The van der Waals surface area contributed by atoms with E-state index in [9.17, 15) is 17.6 Å². The number of benzene rings is 1. The molecule has 5 nitrogen and oxygen atoms in total. The molecule has 0 radical (unpaired) electrons. The SMILES string of the molecule is Cl.Cl.Cn1c(SCCCN2CC[C@@]3(C[C@H]3c3ccc(C(F)(F)F)cc3F)C2)nnc1-c1cccnc1. The second kappa shape index (κ2) is 11.2. The van der Waals surface area contributed by atoms with Crippen LogP contribution in [-0.4, -0.2) is 50.0 Å². The van der Waals surface area contributed by atoms with Gasteiger partial charge in [0.25, 0.3) is 0 Å². The number of hydrogen-bond donors (Lipinski definition) is 0. The van der Waals surface area contributed by atoms with Gasteiger partial charge < -0.3 is 9.47 Å². The van der Waals surface area contributed by atoms with Crippen LogP contribution in [0.4, 0.5) is 17.6 Å². The highest BCUT2D eigenvalue weighted by atomic mass is 35.5. The lowest BCUT2D eigenvalue weighted by Crippen LogP contribution is -2.23. The van der Waals surface area contributed by atoms with Gasteiger partial charge >= 0.3 is 6.18 Å². The Morgan fingerprint density at radius 1 is 1.17 bits per heavy atom. The third-order valence-electron chi connectivity index (χ3n) is 6.96. The van der Waals surface area contributed by atoms with E-state index in [0.717, 1.165) is 67.3 Å². The largest absolute Gasteiger partial charge is 0.416 e. The molecule has 0 N–H and O–H groups in total. The topological polar surface area (TPSA) is 46.8 Å². The van der Waals surface area contributed by atoms with Crippen LogP contribution in [0.25, 0.3) is 11.4 Å². The molecule has 196 valence electrons. The second-order valence-electron chi connectivity index (χ2n) is 9.19. The summed E-state index contributed by atoms with van der Waals surface area (Å²) in [6, 6.07) is 6.79. The maximum absolute atomic E-state index is 14.4. The van der Waals surface area contributed by atoms with E-state index in [1.165, 1.54) is 6.07 Å². The number of thioether (sulfide) groups is 1. The molecule has 1 saturated carbocycles. The summed E-state index contributed by atoms with van der Waals surface area (Å²) in [4.78, 5) is 6.52. The Hall–Kier alpha value is -1.88. The number of pyridine rings is 1. The van der Waals surface area contributed by atoms with E-state index in [2.05, 4.69) is 20.1 Å². The monoisotopic (exact) mass is 563 g/mol. The first-order chi connectivity index (χ1) is 16.3. The molecular formula is C24H27Cl2F4N5S. The summed E-state index contributed by atoms with van der Waals surface area (Å²) in [7, 11) is 1.95. The number of aromatic nitrogens is 4. The first-order valence-electron chi connectivity index (χ1n) is 11.3. The third kappa shape index (κ3) is 5.82. The highest BCUT2D eigenvalue weighted by molar-refractivity contribution is 7.99. The summed E-state index contributed by atoms with van der Waals surface area (Å²) < 4.78 is 54.9. The molecule has 1 aromatic carbocycles. The Bertz CT molecular complexity index is 1180. The normalized spacial score (nSPS) is 21.3. The lowest BCUT2D eigenvalue weighted by Gasteiger charge is -2.16. The summed E-state index contributed by atoms with van der Waals surface area (Å²) >= 11 is 1.66. The zero-order valence-electron chi connectivity index (χ0n) is 19.5. The zero-order valence-corrected chi connectivity index (χ0v) is 22.0. The minimum Gasteiger partial charge on any atom is -0.305 e. The molecule has 1 saturated heterocycles. The third-order valence-corrected chi connectivity index (χ3v) is 8.07. The smallest absolute Gasteiger partial charge is 0.305 e. The quantitative estimate of drug-likeness (QED) is 0.193. The van der Waals surface area contributed by atoms with Crippen LogP contribution in [-0.2, 0) is 13.2 Å². The summed E-state index contributed by atoms with van der Waals surface area (Å²) in [6.07, 6.45) is 1.76. The van der Waals surface area contributed by atoms with Crippen LogP contribution in [0.1, 0.15) is 36.3 Å². The van der Waals surface area contributed by atoms with Crippen LogP contribution < -0.4 is 0 Å². The van der Waals surface area contributed by atoms with Crippen molar-refractivity contribution in [3.8, 4) is 11.4 Å². The Balaban J connectivity index is 0.00000180. The van der Waals surface area contributed by atoms with Crippen molar-refractivity contribution >= 4 is 36.6 Å². The van der Waals surface area contributed by atoms with Crippen LogP contribution in [0, 0.1) is 11.2 Å². The fourth-order valence-electron chi connectivity index (χ4n) is 5.04. The number of alkyl halides is 3. The van der Waals surface area contributed by atoms with Crippen molar-refractivity contribution < 1.29 is 17.6 Å². The Morgan fingerprint density at radius 2 is 1.97 bits per heavy atom. The average molecular weight is 564 g/mol. The number of likely N-dealkylation sites (tertiary alicyclic amines) is 1. The molecule has 1 aliphatic carbocycles. The molecule has 36 heavy (non-hydrogen) atoms. The number of nitrogens with zero attached hydrogens (tertiary/aromatic N) is 5. The minimum absolute atomic E-state index is 0. The van der Waals surface area contributed by atoms with E-state index in [-0.39, 0.29) is 36.1 Å². The molecule has 2 fully saturated rings. The summed E-state index contributed by atoms with van der Waals surface area (Å²) in [5.74, 6) is 0.964. The van der Waals surface area contributed by atoms with E-state index in [0.29, 0.717) is 11.6 Å².